The van der Waals surface area contributed by atoms with E-state index in [0.29, 0.717) is 19.2 Å². The number of nitrogens with zero attached hydrogens (tertiary/aromatic N) is 2. The molecule has 0 unspecified atom stereocenters. The van der Waals surface area contributed by atoms with Crippen LogP contribution in [0.3, 0.4) is 0 Å². The maximum absolute atomic E-state index is 11.0. The van der Waals surface area contributed by atoms with E-state index in [9.17, 15) is 4.79 Å². The Morgan fingerprint density at radius 3 is 2.56 bits per heavy atom. The molecule has 0 aromatic carbocycles. The topological polar surface area (TPSA) is 61.3 Å². The Hall–Kier alpha value is -1.91. The Morgan fingerprint density at radius 2 is 2.00 bits per heavy atom. The average molecular weight is 222 g/mol. The minimum absolute atomic E-state index is 0.329. The number of hydrogen-bond donors (Lipinski definition) is 0. The van der Waals surface area contributed by atoms with E-state index < -0.39 is 0 Å². The van der Waals surface area contributed by atoms with Gasteiger partial charge in [-0.2, -0.15) is 0 Å². The molecule has 0 saturated heterocycles. The average Bonchev–Trinajstić information content (AvgIpc) is 2.29. The van der Waals surface area contributed by atoms with Crippen LogP contribution in [0.5, 0.6) is 6.01 Å². The quantitative estimate of drug-likeness (QED) is 0.557. The minimum atomic E-state index is -0.378. The van der Waals surface area contributed by atoms with Gasteiger partial charge in [-0.15, -0.1) is 0 Å². The Bertz CT molecular complexity index is 360. The standard InChI is InChI=1S/C11H14N2O3/c1-3-15-10(14)6-5-9-7-12-11(13-8-9)16-4-2/h5-8H,3-4H2,1-2H3/b6-5+. The van der Waals surface area contributed by atoms with Gasteiger partial charge in [0.1, 0.15) is 0 Å². The Labute approximate surface area is 94.1 Å². The highest BCUT2D eigenvalue weighted by Gasteiger charge is 1.96. The van der Waals surface area contributed by atoms with Crippen molar-refractivity contribution >= 4 is 12.0 Å². The lowest BCUT2D eigenvalue weighted by Crippen LogP contribution is -1.99. The molecule has 0 aliphatic heterocycles. The second-order valence-corrected chi connectivity index (χ2v) is 2.82. The molecule has 0 saturated carbocycles. The molecule has 5 heteroatoms. The maximum atomic E-state index is 11.0. The first kappa shape index (κ1) is 12.2. The molecule has 5 nitrogen and oxygen atoms in total. The van der Waals surface area contributed by atoms with Gasteiger partial charge in [0, 0.05) is 24.0 Å². The van der Waals surface area contributed by atoms with Crippen molar-refractivity contribution < 1.29 is 14.3 Å². The van der Waals surface area contributed by atoms with Crippen molar-refractivity contribution in [3.8, 4) is 6.01 Å². The first-order chi connectivity index (χ1) is 7.76. The minimum Gasteiger partial charge on any atom is -0.464 e. The third-order valence-corrected chi connectivity index (χ3v) is 1.62. The zero-order chi connectivity index (χ0) is 11.8. The monoisotopic (exact) mass is 222 g/mol. The SMILES string of the molecule is CCOC(=O)/C=C/c1cnc(OCC)nc1. The smallest absolute Gasteiger partial charge is 0.330 e. The molecule has 0 bridgehead atoms. The summed E-state index contributed by atoms with van der Waals surface area (Å²) in [5.74, 6) is -0.378. The molecule has 0 N–H and O–H groups in total. The molecule has 0 amide bonds. The van der Waals surface area contributed by atoms with Crippen LogP contribution in [-0.2, 0) is 9.53 Å². The van der Waals surface area contributed by atoms with E-state index in [1.54, 1.807) is 25.4 Å². The van der Waals surface area contributed by atoms with E-state index in [2.05, 4.69) is 9.97 Å². The van der Waals surface area contributed by atoms with Gasteiger partial charge >= 0.3 is 12.0 Å². The highest BCUT2D eigenvalue weighted by Crippen LogP contribution is 2.04. The van der Waals surface area contributed by atoms with Gasteiger partial charge in [0.2, 0.25) is 0 Å². The molecule has 86 valence electrons. The molecular weight excluding hydrogens is 208 g/mol. The fraction of sp³-hybridized carbons (Fsp3) is 0.364. The van der Waals surface area contributed by atoms with Crippen molar-refractivity contribution in [3.63, 3.8) is 0 Å². The maximum Gasteiger partial charge on any atom is 0.330 e. The summed E-state index contributed by atoms with van der Waals surface area (Å²) < 4.78 is 9.82. The van der Waals surface area contributed by atoms with Gasteiger partial charge in [0.05, 0.1) is 13.2 Å². The summed E-state index contributed by atoms with van der Waals surface area (Å²) in [7, 11) is 0. The molecule has 1 heterocycles. The molecule has 1 aromatic heterocycles. The molecule has 0 fully saturated rings. The van der Waals surface area contributed by atoms with Crippen LogP contribution >= 0.6 is 0 Å². The van der Waals surface area contributed by atoms with Gasteiger partial charge in [0.25, 0.3) is 0 Å². The van der Waals surface area contributed by atoms with E-state index >= 15 is 0 Å². The van der Waals surface area contributed by atoms with Crippen molar-refractivity contribution in [3.05, 3.63) is 24.0 Å². The van der Waals surface area contributed by atoms with Crippen LogP contribution in [0.1, 0.15) is 19.4 Å². The first-order valence-electron chi connectivity index (χ1n) is 5.06. The highest BCUT2D eigenvalue weighted by atomic mass is 16.5. The van der Waals surface area contributed by atoms with Crippen LogP contribution in [0.15, 0.2) is 18.5 Å². The number of esters is 1. The number of carbonyl (C=O) groups excluding carboxylic acids is 1. The van der Waals surface area contributed by atoms with Gasteiger partial charge < -0.3 is 9.47 Å². The van der Waals surface area contributed by atoms with Gasteiger partial charge in [-0.3, -0.25) is 0 Å². The van der Waals surface area contributed by atoms with Crippen molar-refractivity contribution in [2.24, 2.45) is 0 Å². The van der Waals surface area contributed by atoms with E-state index in [0.717, 1.165) is 5.56 Å². The third-order valence-electron chi connectivity index (χ3n) is 1.62. The molecule has 0 atom stereocenters. The molecule has 0 aliphatic carbocycles. The summed E-state index contributed by atoms with van der Waals surface area (Å²) in [5.41, 5.74) is 0.719. The van der Waals surface area contributed by atoms with Crippen LogP contribution in [-0.4, -0.2) is 29.2 Å². The number of carbonyl (C=O) groups is 1. The summed E-state index contributed by atoms with van der Waals surface area (Å²) in [5, 5.41) is 0. The zero-order valence-electron chi connectivity index (χ0n) is 9.34. The van der Waals surface area contributed by atoms with Crippen molar-refractivity contribution in [1.82, 2.24) is 9.97 Å². The summed E-state index contributed by atoms with van der Waals surface area (Å²) in [6.07, 6.45) is 6.08. The molecule has 1 aromatic rings. The van der Waals surface area contributed by atoms with E-state index in [1.807, 2.05) is 6.92 Å². The van der Waals surface area contributed by atoms with Crippen molar-refractivity contribution in [1.29, 1.82) is 0 Å². The third kappa shape index (κ3) is 4.08. The number of aromatic nitrogens is 2. The van der Waals surface area contributed by atoms with Gasteiger partial charge in [-0.25, -0.2) is 14.8 Å². The van der Waals surface area contributed by atoms with Crippen molar-refractivity contribution in [2.45, 2.75) is 13.8 Å². The molecule has 0 radical (unpaired) electrons. The Kier molecular flexibility index (Phi) is 4.98. The molecule has 16 heavy (non-hydrogen) atoms. The number of rotatable bonds is 5. The van der Waals surface area contributed by atoms with Crippen molar-refractivity contribution in [2.75, 3.05) is 13.2 Å². The fourth-order valence-corrected chi connectivity index (χ4v) is 0.971. The second kappa shape index (κ2) is 6.55. The molecular formula is C11H14N2O3. The predicted octanol–water partition coefficient (Wildman–Crippen LogP) is 1.45. The summed E-state index contributed by atoms with van der Waals surface area (Å²) in [6.45, 7) is 4.50. The van der Waals surface area contributed by atoms with E-state index in [-0.39, 0.29) is 5.97 Å². The summed E-state index contributed by atoms with van der Waals surface area (Å²) >= 11 is 0. The summed E-state index contributed by atoms with van der Waals surface area (Å²) in [4.78, 5) is 18.9. The van der Waals surface area contributed by atoms with E-state index in [1.165, 1.54) is 6.08 Å². The first-order valence-corrected chi connectivity index (χ1v) is 5.06. The lowest BCUT2D eigenvalue weighted by Gasteiger charge is -1.99. The molecule has 0 aliphatic rings. The Morgan fingerprint density at radius 1 is 1.31 bits per heavy atom. The normalized spacial score (nSPS) is 10.4. The van der Waals surface area contributed by atoms with Gasteiger partial charge in [0.15, 0.2) is 0 Å². The van der Waals surface area contributed by atoms with E-state index in [4.69, 9.17) is 9.47 Å². The lowest BCUT2D eigenvalue weighted by atomic mass is 10.3. The zero-order valence-corrected chi connectivity index (χ0v) is 9.34. The lowest BCUT2D eigenvalue weighted by molar-refractivity contribution is -0.137. The fourth-order valence-electron chi connectivity index (χ4n) is 0.971. The van der Waals surface area contributed by atoms with Gasteiger partial charge in [-0.1, -0.05) is 0 Å². The molecule has 1 rings (SSSR count). The molecule has 0 spiro atoms. The van der Waals surface area contributed by atoms with Crippen LogP contribution in [0.4, 0.5) is 0 Å². The largest absolute Gasteiger partial charge is 0.464 e. The number of ether oxygens (including phenoxy) is 2. The summed E-state index contributed by atoms with van der Waals surface area (Å²) in [6, 6.07) is 0.329. The van der Waals surface area contributed by atoms with Crippen LogP contribution in [0.25, 0.3) is 6.08 Å². The number of hydrogen-bond acceptors (Lipinski definition) is 5. The Balaban J connectivity index is 2.57. The van der Waals surface area contributed by atoms with Crippen LogP contribution in [0.2, 0.25) is 0 Å². The van der Waals surface area contributed by atoms with Crippen LogP contribution < -0.4 is 4.74 Å². The highest BCUT2D eigenvalue weighted by molar-refractivity contribution is 5.86. The predicted molar refractivity (Wildman–Crippen MR) is 58.9 cm³/mol. The second-order valence-electron chi connectivity index (χ2n) is 2.82. The van der Waals surface area contributed by atoms with Gasteiger partial charge in [-0.05, 0) is 19.9 Å². The van der Waals surface area contributed by atoms with Crippen LogP contribution in [0, 0.1) is 0 Å².